The molecule has 90 valence electrons. The summed E-state index contributed by atoms with van der Waals surface area (Å²) in [6.07, 6.45) is 2.94. The number of Topliss-reactive ketones (excluding diaryl/α,β-unsaturated/α-hetero) is 1. The van der Waals surface area contributed by atoms with E-state index < -0.39 is 0 Å². The summed E-state index contributed by atoms with van der Waals surface area (Å²) < 4.78 is 1.78. The highest BCUT2D eigenvalue weighted by Gasteiger charge is 2.13. The second-order valence-corrected chi connectivity index (χ2v) is 5.18. The molecule has 2 heterocycles. The third-order valence-corrected chi connectivity index (χ3v) is 3.58. The first-order valence-corrected chi connectivity index (χ1v) is 6.39. The van der Waals surface area contributed by atoms with Crippen LogP contribution in [0.15, 0.2) is 12.3 Å². The van der Waals surface area contributed by atoms with Gasteiger partial charge in [0.25, 0.3) is 0 Å². The largest absolute Gasteiger partial charge is 0.293 e. The van der Waals surface area contributed by atoms with Gasteiger partial charge in [0.15, 0.2) is 5.78 Å². The number of carbonyl (C=O) groups excluding carboxylic acids is 1. The van der Waals surface area contributed by atoms with Gasteiger partial charge >= 0.3 is 0 Å². The van der Waals surface area contributed by atoms with Crippen molar-refractivity contribution < 1.29 is 4.79 Å². The van der Waals surface area contributed by atoms with E-state index in [1.807, 2.05) is 20.0 Å². The van der Waals surface area contributed by atoms with Gasteiger partial charge in [-0.15, -0.1) is 11.3 Å². The third kappa shape index (κ3) is 2.61. The van der Waals surface area contributed by atoms with E-state index in [2.05, 4.69) is 17.0 Å². The zero-order valence-corrected chi connectivity index (χ0v) is 11.0. The van der Waals surface area contributed by atoms with Gasteiger partial charge in [-0.25, -0.2) is 4.98 Å². The molecule has 2 rings (SSSR count). The maximum atomic E-state index is 12.0. The topological polar surface area (TPSA) is 47.8 Å². The van der Waals surface area contributed by atoms with Crippen LogP contribution in [-0.4, -0.2) is 20.5 Å². The summed E-state index contributed by atoms with van der Waals surface area (Å²) in [6.45, 7) is 3.96. The highest BCUT2D eigenvalue weighted by Crippen LogP contribution is 2.15. The van der Waals surface area contributed by atoms with Gasteiger partial charge < -0.3 is 0 Å². The van der Waals surface area contributed by atoms with Crippen molar-refractivity contribution in [2.75, 3.05) is 0 Å². The van der Waals surface area contributed by atoms with Crippen LogP contribution in [0.25, 0.3) is 0 Å². The van der Waals surface area contributed by atoms with Crippen molar-refractivity contribution in [3.8, 4) is 0 Å². The Morgan fingerprint density at radius 2 is 2.29 bits per heavy atom. The minimum atomic E-state index is 0.112. The molecule has 0 aliphatic carbocycles. The number of hydrogen-bond acceptors (Lipinski definition) is 4. The lowest BCUT2D eigenvalue weighted by Gasteiger charge is -1.98. The number of aryl methyl sites for hydroxylation is 3. The van der Waals surface area contributed by atoms with Crippen LogP contribution in [0.5, 0.6) is 0 Å². The van der Waals surface area contributed by atoms with Crippen LogP contribution in [0.2, 0.25) is 0 Å². The summed E-state index contributed by atoms with van der Waals surface area (Å²) in [4.78, 5) is 16.8. The second-order valence-electron chi connectivity index (χ2n) is 3.95. The molecule has 5 heteroatoms. The monoisotopic (exact) mass is 249 g/mol. The normalized spacial score (nSPS) is 10.8. The van der Waals surface area contributed by atoms with Crippen LogP contribution < -0.4 is 0 Å². The van der Waals surface area contributed by atoms with E-state index in [1.165, 1.54) is 11.3 Å². The Kier molecular flexibility index (Phi) is 3.38. The van der Waals surface area contributed by atoms with Gasteiger partial charge in [0.1, 0.15) is 0 Å². The molecule has 2 aromatic rings. The van der Waals surface area contributed by atoms with E-state index in [1.54, 1.807) is 10.9 Å². The molecule has 0 bridgehead atoms. The lowest BCUT2D eigenvalue weighted by molar-refractivity contribution is 0.0994. The molecule has 0 aliphatic heterocycles. The zero-order valence-electron chi connectivity index (χ0n) is 10.2. The molecule has 0 atom stereocenters. The van der Waals surface area contributed by atoms with E-state index in [0.29, 0.717) is 6.42 Å². The van der Waals surface area contributed by atoms with Gasteiger partial charge in [0.2, 0.25) is 0 Å². The Balaban J connectivity index is 2.15. The van der Waals surface area contributed by atoms with Crippen molar-refractivity contribution in [2.45, 2.75) is 26.7 Å². The third-order valence-electron chi connectivity index (χ3n) is 2.63. The number of nitrogens with zero attached hydrogens (tertiary/aromatic N) is 3. The van der Waals surface area contributed by atoms with E-state index >= 15 is 0 Å². The molecule has 0 N–H and O–H groups in total. The Bertz CT molecular complexity index is 542. The Hall–Kier alpha value is -1.49. The van der Waals surface area contributed by atoms with Crippen LogP contribution in [0.4, 0.5) is 0 Å². The summed E-state index contributed by atoms with van der Waals surface area (Å²) in [6, 6.07) is 1.99. The number of thiazole rings is 1. The maximum absolute atomic E-state index is 12.0. The van der Waals surface area contributed by atoms with Gasteiger partial charge in [-0.2, -0.15) is 5.10 Å². The molecular weight excluding hydrogens is 234 g/mol. The Morgan fingerprint density at radius 3 is 2.82 bits per heavy atom. The fourth-order valence-electron chi connectivity index (χ4n) is 1.65. The fourth-order valence-corrected chi connectivity index (χ4v) is 2.37. The van der Waals surface area contributed by atoms with Crippen molar-refractivity contribution in [1.82, 2.24) is 14.8 Å². The Labute approximate surface area is 104 Å². The molecule has 0 radical (unpaired) electrons. The predicted molar refractivity (Wildman–Crippen MR) is 67.5 cm³/mol. The molecule has 0 unspecified atom stereocenters. The van der Waals surface area contributed by atoms with E-state index in [-0.39, 0.29) is 5.78 Å². The average molecular weight is 249 g/mol. The maximum Gasteiger partial charge on any atom is 0.180 e. The first kappa shape index (κ1) is 12.0. The highest BCUT2D eigenvalue weighted by molar-refractivity contribution is 7.13. The number of carbonyl (C=O) groups is 1. The van der Waals surface area contributed by atoms with Crippen molar-refractivity contribution in [1.29, 1.82) is 0 Å². The zero-order chi connectivity index (χ0) is 12.4. The molecule has 0 amide bonds. The molecular formula is C12H15N3OS. The highest BCUT2D eigenvalue weighted by atomic mass is 32.1. The summed E-state index contributed by atoms with van der Waals surface area (Å²) in [5.41, 5.74) is 1.98. The predicted octanol–water partition coefficient (Wildman–Crippen LogP) is 2.17. The van der Waals surface area contributed by atoms with Crippen molar-refractivity contribution in [3.63, 3.8) is 0 Å². The van der Waals surface area contributed by atoms with Gasteiger partial charge in [-0.3, -0.25) is 9.48 Å². The molecule has 0 saturated heterocycles. The molecule has 0 spiro atoms. The van der Waals surface area contributed by atoms with Gasteiger partial charge in [0.05, 0.1) is 22.0 Å². The quantitative estimate of drug-likeness (QED) is 0.780. The van der Waals surface area contributed by atoms with Crippen LogP contribution in [-0.2, 0) is 19.9 Å². The number of rotatable bonds is 4. The minimum absolute atomic E-state index is 0.112. The second kappa shape index (κ2) is 4.79. The van der Waals surface area contributed by atoms with Crippen LogP contribution in [0.1, 0.15) is 33.0 Å². The fraction of sp³-hybridized carbons (Fsp3) is 0.417. The molecule has 0 fully saturated rings. The first-order chi connectivity index (χ1) is 8.10. The molecule has 2 aromatic heterocycles. The molecule has 4 nitrogen and oxygen atoms in total. The standard InChI is InChI=1S/C12H15N3OS/c1-4-9-5-10(15(3)14-9)6-11(16)12-7-13-8(2)17-12/h5,7H,4,6H2,1-3H3. The number of hydrogen-bond donors (Lipinski definition) is 0. The summed E-state index contributed by atoms with van der Waals surface area (Å²) in [5.74, 6) is 0.112. The lowest BCUT2D eigenvalue weighted by Crippen LogP contribution is -2.06. The van der Waals surface area contributed by atoms with Gasteiger partial charge in [-0.1, -0.05) is 6.92 Å². The number of aromatic nitrogens is 3. The summed E-state index contributed by atoms with van der Waals surface area (Å²) >= 11 is 1.44. The SMILES string of the molecule is CCc1cc(CC(=O)c2cnc(C)s2)n(C)n1. The van der Waals surface area contributed by atoms with Crippen molar-refractivity contribution >= 4 is 17.1 Å². The molecule has 0 saturated carbocycles. The molecule has 0 aliphatic rings. The van der Waals surface area contributed by atoms with Crippen molar-refractivity contribution in [3.05, 3.63) is 33.5 Å². The van der Waals surface area contributed by atoms with E-state index in [0.717, 1.165) is 27.7 Å². The minimum Gasteiger partial charge on any atom is -0.293 e. The van der Waals surface area contributed by atoms with Crippen LogP contribution in [0.3, 0.4) is 0 Å². The van der Waals surface area contributed by atoms with E-state index in [9.17, 15) is 4.79 Å². The first-order valence-electron chi connectivity index (χ1n) is 5.57. The summed E-state index contributed by atoms with van der Waals surface area (Å²) in [5, 5.41) is 5.26. The Morgan fingerprint density at radius 1 is 1.53 bits per heavy atom. The molecule has 17 heavy (non-hydrogen) atoms. The average Bonchev–Trinajstić information content (AvgIpc) is 2.86. The smallest absolute Gasteiger partial charge is 0.180 e. The van der Waals surface area contributed by atoms with Crippen LogP contribution >= 0.6 is 11.3 Å². The van der Waals surface area contributed by atoms with Crippen LogP contribution in [0, 0.1) is 6.92 Å². The van der Waals surface area contributed by atoms with Gasteiger partial charge in [0, 0.05) is 18.9 Å². The lowest BCUT2D eigenvalue weighted by atomic mass is 10.2. The summed E-state index contributed by atoms with van der Waals surface area (Å²) in [7, 11) is 1.87. The number of ketones is 1. The van der Waals surface area contributed by atoms with Crippen molar-refractivity contribution in [2.24, 2.45) is 7.05 Å². The van der Waals surface area contributed by atoms with E-state index in [4.69, 9.17) is 0 Å². The molecule has 0 aromatic carbocycles. The van der Waals surface area contributed by atoms with Gasteiger partial charge in [-0.05, 0) is 19.4 Å².